The van der Waals surface area contributed by atoms with Crippen LogP contribution in [-0.2, 0) is 16.1 Å². The van der Waals surface area contributed by atoms with Gasteiger partial charge < -0.3 is 9.30 Å². The Kier molecular flexibility index (Phi) is 7.27. The minimum Gasteiger partial charge on any atom is -0.450 e. The van der Waals surface area contributed by atoms with Crippen LogP contribution in [0.1, 0.15) is 20.3 Å². The zero-order valence-corrected chi connectivity index (χ0v) is 15.6. The Balaban J connectivity index is 2.09. The number of aromatic nitrogens is 3. The second-order valence-electron chi connectivity index (χ2n) is 5.02. The number of rotatable bonds is 7. The van der Waals surface area contributed by atoms with E-state index in [9.17, 15) is 9.59 Å². The molecule has 2 amide bonds. The number of hydrogen-bond donors (Lipinski definition) is 1. The number of imide groups is 1. The van der Waals surface area contributed by atoms with Gasteiger partial charge in [-0.3, -0.25) is 10.1 Å². The van der Waals surface area contributed by atoms with Crippen molar-refractivity contribution in [2.45, 2.75) is 32.0 Å². The van der Waals surface area contributed by atoms with Crippen LogP contribution in [0.3, 0.4) is 0 Å². The molecule has 0 saturated heterocycles. The van der Waals surface area contributed by atoms with Crippen molar-refractivity contribution in [2.24, 2.45) is 0 Å². The Morgan fingerprint density at radius 1 is 1.24 bits per heavy atom. The molecule has 0 fully saturated rings. The normalized spacial score (nSPS) is 10.5. The average Bonchev–Trinajstić information content (AvgIpc) is 2.97. The molecule has 0 radical (unpaired) electrons. The lowest BCUT2D eigenvalue weighted by Crippen LogP contribution is -2.32. The van der Waals surface area contributed by atoms with Gasteiger partial charge in [0.25, 0.3) is 0 Å². The molecule has 0 atom stereocenters. The van der Waals surface area contributed by atoms with Crippen LogP contribution in [0.4, 0.5) is 4.79 Å². The maximum absolute atomic E-state index is 11.8. The molecule has 134 valence electrons. The highest BCUT2D eigenvalue weighted by Gasteiger charge is 2.16. The minimum absolute atomic E-state index is 0.0429. The Labute approximate surface area is 155 Å². The van der Waals surface area contributed by atoms with Crippen molar-refractivity contribution in [3.63, 3.8) is 0 Å². The van der Waals surface area contributed by atoms with E-state index < -0.39 is 12.0 Å². The van der Waals surface area contributed by atoms with Crippen molar-refractivity contribution in [3.8, 4) is 11.4 Å². The summed E-state index contributed by atoms with van der Waals surface area (Å²) in [5, 5.41) is 11.8. The zero-order valence-electron chi connectivity index (χ0n) is 14.0. The summed E-state index contributed by atoms with van der Waals surface area (Å²) in [6.45, 7) is 4.65. The number of benzene rings is 1. The number of carbonyl (C=O) groups excluding carboxylic acids is 2. The molecule has 0 aliphatic heterocycles. The molecular weight excluding hydrogens is 364 g/mol. The molecule has 2 rings (SSSR count). The summed E-state index contributed by atoms with van der Waals surface area (Å²) in [4.78, 5) is 23.0. The lowest BCUT2D eigenvalue weighted by Gasteiger charge is -2.09. The van der Waals surface area contributed by atoms with Crippen molar-refractivity contribution in [1.29, 1.82) is 0 Å². The predicted octanol–water partition coefficient (Wildman–Crippen LogP) is 3.37. The van der Waals surface area contributed by atoms with Crippen LogP contribution in [0.15, 0.2) is 29.4 Å². The minimum atomic E-state index is -0.745. The molecule has 1 N–H and O–H groups in total. The van der Waals surface area contributed by atoms with Crippen LogP contribution < -0.4 is 5.32 Å². The van der Waals surface area contributed by atoms with Gasteiger partial charge in [-0.1, -0.05) is 30.3 Å². The van der Waals surface area contributed by atoms with Gasteiger partial charge in [-0.25, -0.2) is 4.79 Å². The quantitative estimate of drug-likeness (QED) is 0.739. The summed E-state index contributed by atoms with van der Waals surface area (Å²) < 4.78 is 6.62. The van der Waals surface area contributed by atoms with Crippen LogP contribution in [0.2, 0.25) is 5.02 Å². The van der Waals surface area contributed by atoms with Gasteiger partial charge in [0.2, 0.25) is 5.91 Å². The third kappa shape index (κ3) is 5.47. The number of alkyl carbamates (subject to hydrolysis) is 1. The molecule has 9 heteroatoms. The number of nitrogens with one attached hydrogen (secondary N) is 1. The monoisotopic (exact) mass is 382 g/mol. The lowest BCUT2D eigenvalue weighted by molar-refractivity contribution is -0.117. The molecule has 2 aromatic rings. The van der Waals surface area contributed by atoms with E-state index in [-0.39, 0.29) is 12.4 Å². The highest BCUT2D eigenvalue weighted by atomic mass is 35.5. The summed E-state index contributed by atoms with van der Waals surface area (Å²) in [5.41, 5.74) is 0.896. The molecule has 1 aromatic carbocycles. The van der Waals surface area contributed by atoms with Crippen LogP contribution >= 0.6 is 23.4 Å². The lowest BCUT2D eigenvalue weighted by atomic mass is 10.2. The summed E-state index contributed by atoms with van der Waals surface area (Å²) in [6.07, 6.45) is 0.145. The first-order chi connectivity index (χ1) is 12.0. The van der Waals surface area contributed by atoms with Crippen LogP contribution in [0, 0.1) is 0 Å². The van der Waals surface area contributed by atoms with Gasteiger partial charge in [-0.2, -0.15) is 0 Å². The first-order valence-corrected chi connectivity index (χ1v) is 9.20. The number of nitrogens with zero attached hydrogens (tertiary/aromatic N) is 3. The van der Waals surface area contributed by atoms with E-state index >= 15 is 0 Å². The van der Waals surface area contributed by atoms with Crippen LogP contribution in [0.25, 0.3) is 11.4 Å². The van der Waals surface area contributed by atoms with Crippen molar-refractivity contribution in [3.05, 3.63) is 29.3 Å². The van der Waals surface area contributed by atoms with Gasteiger partial charge in [-0.15, -0.1) is 10.2 Å². The van der Waals surface area contributed by atoms with E-state index in [4.69, 9.17) is 11.6 Å². The van der Waals surface area contributed by atoms with E-state index in [1.807, 2.05) is 23.6 Å². The number of ether oxygens (including phenoxy) is 1. The average molecular weight is 383 g/mol. The summed E-state index contributed by atoms with van der Waals surface area (Å²) >= 11 is 7.14. The SMILES string of the molecule is CCCn1c(SCC(=O)NC(=O)OCC)nnc1-c1ccc(Cl)cc1. The maximum atomic E-state index is 11.8. The molecule has 0 aliphatic carbocycles. The molecule has 0 spiro atoms. The first kappa shape index (κ1) is 19.3. The fraction of sp³-hybridized carbons (Fsp3) is 0.375. The van der Waals surface area contributed by atoms with Gasteiger partial charge in [0.1, 0.15) is 0 Å². The zero-order chi connectivity index (χ0) is 18.2. The largest absolute Gasteiger partial charge is 0.450 e. The van der Waals surface area contributed by atoms with E-state index in [1.165, 1.54) is 11.8 Å². The molecule has 25 heavy (non-hydrogen) atoms. The third-order valence-electron chi connectivity index (χ3n) is 3.12. The standard InChI is InChI=1S/C16H19ClN4O3S/c1-3-9-21-14(11-5-7-12(17)8-6-11)19-20-15(21)25-10-13(22)18-16(23)24-4-2/h5-8H,3-4,9-10H2,1-2H3,(H,18,22,23). The Morgan fingerprint density at radius 3 is 2.60 bits per heavy atom. The summed E-state index contributed by atoms with van der Waals surface area (Å²) in [6, 6.07) is 7.34. The van der Waals surface area contributed by atoms with Gasteiger partial charge in [-0.05, 0) is 37.6 Å². The van der Waals surface area contributed by atoms with Gasteiger partial charge in [0.05, 0.1) is 12.4 Å². The highest BCUT2D eigenvalue weighted by Crippen LogP contribution is 2.25. The molecular formula is C16H19ClN4O3S. The molecule has 1 aromatic heterocycles. The smallest absolute Gasteiger partial charge is 0.413 e. The van der Waals surface area contributed by atoms with Gasteiger partial charge in [0, 0.05) is 17.1 Å². The highest BCUT2D eigenvalue weighted by molar-refractivity contribution is 7.99. The van der Waals surface area contributed by atoms with E-state index in [1.54, 1.807) is 19.1 Å². The molecule has 7 nitrogen and oxygen atoms in total. The second-order valence-corrected chi connectivity index (χ2v) is 6.40. The van der Waals surface area contributed by atoms with Gasteiger partial charge >= 0.3 is 6.09 Å². The number of carbonyl (C=O) groups is 2. The van der Waals surface area contributed by atoms with Crippen molar-refractivity contribution < 1.29 is 14.3 Å². The molecule has 0 aliphatic rings. The molecule has 0 unspecified atom stereocenters. The van der Waals surface area contributed by atoms with Crippen molar-refractivity contribution in [2.75, 3.05) is 12.4 Å². The predicted molar refractivity (Wildman–Crippen MR) is 96.6 cm³/mol. The van der Waals surface area contributed by atoms with Crippen LogP contribution in [0.5, 0.6) is 0 Å². The van der Waals surface area contributed by atoms with Crippen molar-refractivity contribution in [1.82, 2.24) is 20.1 Å². The fourth-order valence-corrected chi connectivity index (χ4v) is 2.97. The van der Waals surface area contributed by atoms with E-state index in [2.05, 4.69) is 20.3 Å². The Morgan fingerprint density at radius 2 is 1.96 bits per heavy atom. The number of hydrogen-bond acceptors (Lipinski definition) is 6. The Bertz CT molecular complexity index is 733. The molecule has 1 heterocycles. The maximum Gasteiger partial charge on any atom is 0.413 e. The fourth-order valence-electron chi connectivity index (χ4n) is 2.08. The Hall–Kier alpha value is -2.06. The number of halogens is 1. The third-order valence-corrected chi connectivity index (χ3v) is 4.33. The number of thioether (sulfide) groups is 1. The van der Waals surface area contributed by atoms with E-state index in [0.717, 1.165) is 12.0 Å². The van der Waals surface area contributed by atoms with Crippen molar-refractivity contribution >= 4 is 35.4 Å². The van der Waals surface area contributed by atoms with Crippen LogP contribution in [-0.4, -0.2) is 39.1 Å². The van der Waals surface area contributed by atoms with Gasteiger partial charge in [0.15, 0.2) is 11.0 Å². The first-order valence-electron chi connectivity index (χ1n) is 7.83. The molecule has 0 saturated carbocycles. The molecule has 0 bridgehead atoms. The summed E-state index contributed by atoms with van der Waals surface area (Å²) in [7, 11) is 0. The van der Waals surface area contributed by atoms with E-state index in [0.29, 0.717) is 22.5 Å². The number of amides is 2. The topological polar surface area (TPSA) is 86.1 Å². The summed E-state index contributed by atoms with van der Waals surface area (Å²) in [5.74, 6) is 0.315. The second kappa shape index (κ2) is 9.43.